The molecule has 7 heteroatoms. The van der Waals surface area contributed by atoms with Crippen molar-refractivity contribution in [2.24, 2.45) is 4.99 Å². The summed E-state index contributed by atoms with van der Waals surface area (Å²) in [6, 6.07) is 2.59. The maximum absolute atomic E-state index is 14.2. The minimum atomic E-state index is -4.29. The second-order valence-electron chi connectivity index (χ2n) is 5.17. The van der Waals surface area contributed by atoms with Crippen LogP contribution < -0.4 is 5.32 Å². The van der Waals surface area contributed by atoms with Gasteiger partial charge in [0.05, 0.1) is 11.4 Å². The van der Waals surface area contributed by atoms with E-state index in [4.69, 9.17) is 0 Å². The third-order valence-electron chi connectivity index (χ3n) is 3.10. The summed E-state index contributed by atoms with van der Waals surface area (Å²) in [5, 5.41) is 2.84. The standard InChI is InChI=1S/C18H20F4N2S/c1-5-6-7-8-12(2)17(23-4)24-15-10-16(13(3)9-14(15)19)25-11-18(20,21)22/h5-10H,1,11H2,2-4H3,(H,23,24)/b7-6-,12-8+. The molecule has 0 amide bonds. The van der Waals surface area contributed by atoms with Crippen molar-refractivity contribution in [3.05, 3.63) is 60.0 Å². The van der Waals surface area contributed by atoms with Gasteiger partial charge in [-0.3, -0.25) is 4.99 Å². The zero-order valence-corrected chi connectivity index (χ0v) is 15.1. The van der Waals surface area contributed by atoms with Crippen molar-refractivity contribution in [3.63, 3.8) is 0 Å². The monoisotopic (exact) mass is 372 g/mol. The number of aryl methyl sites for hydroxylation is 1. The molecule has 0 aromatic heterocycles. The molecule has 0 aliphatic rings. The van der Waals surface area contributed by atoms with Gasteiger partial charge in [0, 0.05) is 11.9 Å². The minimum absolute atomic E-state index is 0.0799. The first-order valence-corrected chi connectivity index (χ1v) is 8.36. The molecule has 0 atom stereocenters. The van der Waals surface area contributed by atoms with E-state index < -0.39 is 17.7 Å². The molecule has 0 radical (unpaired) electrons. The van der Waals surface area contributed by atoms with Gasteiger partial charge in [-0.1, -0.05) is 30.9 Å². The fraction of sp³-hybridized carbons (Fsp3) is 0.278. The normalized spacial score (nSPS) is 13.4. The van der Waals surface area contributed by atoms with Crippen LogP contribution in [0.3, 0.4) is 0 Å². The van der Waals surface area contributed by atoms with Gasteiger partial charge < -0.3 is 5.32 Å². The lowest BCUT2D eigenvalue weighted by Crippen LogP contribution is -2.15. The van der Waals surface area contributed by atoms with Crippen LogP contribution in [0.15, 0.2) is 58.5 Å². The summed E-state index contributed by atoms with van der Waals surface area (Å²) in [4.78, 5) is 4.43. The van der Waals surface area contributed by atoms with Crippen LogP contribution in [0.2, 0.25) is 0 Å². The van der Waals surface area contributed by atoms with Gasteiger partial charge in [0.15, 0.2) is 0 Å². The lowest BCUT2D eigenvalue weighted by atomic mass is 10.2. The Labute approximate surface area is 149 Å². The number of alkyl halides is 3. The summed E-state index contributed by atoms with van der Waals surface area (Å²) in [6.45, 7) is 6.92. The molecule has 0 heterocycles. The van der Waals surface area contributed by atoms with E-state index in [2.05, 4.69) is 16.9 Å². The molecular weight excluding hydrogens is 352 g/mol. The van der Waals surface area contributed by atoms with Gasteiger partial charge in [-0.15, -0.1) is 11.8 Å². The van der Waals surface area contributed by atoms with E-state index in [-0.39, 0.29) is 5.69 Å². The molecule has 0 saturated carbocycles. The quantitative estimate of drug-likeness (QED) is 0.220. The van der Waals surface area contributed by atoms with E-state index >= 15 is 0 Å². The molecule has 1 aromatic rings. The summed E-state index contributed by atoms with van der Waals surface area (Å²) in [7, 11) is 1.54. The molecule has 0 bridgehead atoms. The van der Waals surface area contributed by atoms with Gasteiger partial charge in [0.1, 0.15) is 11.7 Å². The van der Waals surface area contributed by atoms with Crippen molar-refractivity contribution < 1.29 is 17.6 Å². The van der Waals surface area contributed by atoms with Gasteiger partial charge in [0.25, 0.3) is 0 Å². The molecule has 2 nitrogen and oxygen atoms in total. The highest BCUT2D eigenvalue weighted by molar-refractivity contribution is 7.99. The Morgan fingerprint density at radius 2 is 2.00 bits per heavy atom. The molecule has 136 valence electrons. The van der Waals surface area contributed by atoms with Crippen molar-refractivity contribution in [2.75, 3.05) is 18.1 Å². The molecule has 0 aliphatic heterocycles. The first-order valence-electron chi connectivity index (χ1n) is 7.37. The van der Waals surface area contributed by atoms with E-state index in [1.165, 1.54) is 12.1 Å². The number of nitrogens with one attached hydrogen (secondary N) is 1. The number of benzene rings is 1. The number of thioether (sulfide) groups is 1. The Balaban J connectivity index is 3.05. The summed E-state index contributed by atoms with van der Waals surface area (Å²) in [6.07, 6.45) is 2.58. The average Bonchev–Trinajstić information content (AvgIpc) is 2.52. The van der Waals surface area contributed by atoms with E-state index in [0.717, 1.165) is 5.57 Å². The van der Waals surface area contributed by atoms with Gasteiger partial charge >= 0.3 is 6.18 Å². The Kier molecular flexibility index (Phi) is 7.96. The zero-order valence-electron chi connectivity index (χ0n) is 14.2. The van der Waals surface area contributed by atoms with Gasteiger partial charge in [0.2, 0.25) is 0 Å². The fourth-order valence-corrected chi connectivity index (χ4v) is 2.69. The average molecular weight is 372 g/mol. The number of rotatable bonds is 6. The van der Waals surface area contributed by atoms with E-state index in [1.807, 2.05) is 0 Å². The van der Waals surface area contributed by atoms with Gasteiger partial charge in [-0.2, -0.15) is 13.2 Å². The predicted molar refractivity (Wildman–Crippen MR) is 98.0 cm³/mol. The lowest BCUT2D eigenvalue weighted by Gasteiger charge is -2.14. The van der Waals surface area contributed by atoms with Crippen LogP contribution in [-0.2, 0) is 0 Å². The Morgan fingerprint density at radius 3 is 2.56 bits per heavy atom. The van der Waals surface area contributed by atoms with Gasteiger partial charge in [-0.05, 0) is 37.1 Å². The predicted octanol–water partition coefficient (Wildman–Crippen LogP) is 5.92. The summed E-state index contributed by atoms with van der Waals surface area (Å²) in [5.74, 6) is -1.16. The first kappa shape index (κ1) is 21.0. The highest BCUT2D eigenvalue weighted by Gasteiger charge is 2.27. The Hall–Kier alpha value is -2.02. The van der Waals surface area contributed by atoms with Crippen LogP contribution in [0.1, 0.15) is 12.5 Å². The number of allylic oxidation sites excluding steroid dienone is 4. The third-order valence-corrected chi connectivity index (χ3v) is 4.32. The summed E-state index contributed by atoms with van der Waals surface area (Å²) >= 11 is 0.628. The third kappa shape index (κ3) is 7.17. The van der Waals surface area contributed by atoms with E-state index in [1.54, 1.807) is 45.2 Å². The van der Waals surface area contributed by atoms with Crippen LogP contribution >= 0.6 is 11.8 Å². The number of hydrogen-bond acceptors (Lipinski definition) is 2. The van der Waals surface area contributed by atoms with Crippen LogP contribution in [-0.4, -0.2) is 24.8 Å². The number of anilines is 1. The molecule has 0 spiro atoms. The SMILES string of the molecule is C=C/C=C\C=C(/C)C(=NC)Nc1cc(SCC(F)(F)F)c(C)cc1F. The second kappa shape index (κ2) is 9.46. The maximum Gasteiger partial charge on any atom is 0.398 e. The molecule has 1 aromatic carbocycles. The second-order valence-corrected chi connectivity index (χ2v) is 6.19. The molecular formula is C18H20F4N2S. The number of aliphatic imine (C=N–C) groups is 1. The van der Waals surface area contributed by atoms with Crippen LogP contribution in [0.5, 0.6) is 0 Å². The molecule has 0 aliphatic carbocycles. The Morgan fingerprint density at radius 1 is 1.32 bits per heavy atom. The number of nitrogens with zero attached hydrogens (tertiary/aromatic N) is 1. The highest BCUT2D eigenvalue weighted by Crippen LogP contribution is 2.32. The highest BCUT2D eigenvalue weighted by atomic mass is 32.2. The number of amidine groups is 1. The minimum Gasteiger partial charge on any atom is -0.338 e. The molecule has 0 unspecified atom stereocenters. The van der Waals surface area contributed by atoms with Crippen LogP contribution in [0.25, 0.3) is 0 Å². The smallest absolute Gasteiger partial charge is 0.338 e. The van der Waals surface area contributed by atoms with Crippen LogP contribution in [0.4, 0.5) is 23.2 Å². The largest absolute Gasteiger partial charge is 0.398 e. The maximum atomic E-state index is 14.2. The van der Waals surface area contributed by atoms with Gasteiger partial charge in [-0.25, -0.2) is 4.39 Å². The van der Waals surface area contributed by atoms with Crippen LogP contribution in [0, 0.1) is 12.7 Å². The summed E-state index contributed by atoms with van der Waals surface area (Å²) in [5.41, 5.74) is 1.27. The van der Waals surface area contributed by atoms with Crippen molar-refractivity contribution >= 4 is 23.3 Å². The van der Waals surface area contributed by atoms with Crippen molar-refractivity contribution in [1.29, 1.82) is 0 Å². The zero-order chi connectivity index (χ0) is 19.0. The molecule has 0 saturated heterocycles. The number of halogens is 4. The molecule has 25 heavy (non-hydrogen) atoms. The van der Waals surface area contributed by atoms with Crippen molar-refractivity contribution in [2.45, 2.75) is 24.9 Å². The summed E-state index contributed by atoms with van der Waals surface area (Å²) < 4.78 is 51.4. The van der Waals surface area contributed by atoms with E-state index in [9.17, 15) is 17.6 Å². The van der Waals surface area contributed by atoms with Crippen molar-refractivity contribution in [1.82, 2.24) is 0 Å². The Bertz CT molecular complexity index is 704. The molecule has 1 N–H and O–H groups in total. The first-order chi connectivity index (χ1) is 11.7. The number of hydrogen-bond donors (Lipinski definition) is 1. The fourth-order valence-electron chi connectivity index (χ4n) is 1.88. The topological polar surface area (TPSA) is 24.4 Å². The molecule has 0 fully saturated rings. The molecule has 1 rings (SSSR count). The lowest BCUT2D eigenvalue weighted by molar-refractivity contribution is -0.105. The van der Waals surface area contributed by atoms with Crippen molar-refractivity contribution in [3.8, 4) is 0 Å². The van der Waals surface area contributed by atoms with E-state index in [0.29, 0.717) is 28.1 Å².